The number of likely N-dealkylation sites (tertiary alicyclic amines) is 1. The highest BCUT2D eigenvalue weighted by Crippen LogP contribution is 2.43. The first-order valence-corrected chi connectivity index (χ1v) is 10.5. The highest BCUT2D eigenvalue weighted by Gasteiger charge is 2.42. The lowest BCUT2D eigenvalue weighted by atomic mass is 9.65. The van der Waals surface area contributed by atoms with Gasteiger partial charge in [-0.15, -0.1) is 11.3 Å². The summed E-state index contributed by atoms with van der Waals surface area (Å²) in [6.07, 6.45) is 8.07. The molecule has 132 valence electrons. The molecular formula is C19H29N3OS. The number of piperidine rings is 1. The zero-order chi connectivity index (χ0) is 16.7. The number of rotatable bonds is 2. The van der Waals surface area contributed by atoms with Crippen LogP contribution >= 0.6 is 11.3 Å². The van der Waals surface area contributed by atoms with Crippen molar-refractivity contribution in [3.63, 3.8) is 0 Å². The molecule has 24 heavy (non-hydrogen) atoms. The van der Waals surface area contributed by atoms with Gasteiger partial charge in [0.2, 0.25) is 5.91 Å². The van der Waals surface area contributed by atoms with Crippen LogP contribution in [-0.4, -0.2) is 34.9 Å². The van der Waals surface area contributed by atoms with Crippen molar-refractivity contribution in [3.05, 3.63) is 16.1 Å². The Balaban J connectivity index is 1.42. The molecule has 2 saturated carbocycles. The summed E-state index contributed by atoms with van der Waals surface area (Å²) < 4.78 is 0. The van der Waals surface area contributed by atoms with Crippen LogP contribution in [0.2, 0.25) is 0 Å². The minimum Gasteiger partial charge on any atom is -0.342 e. The summed E-state index contributed by atoms with van der Waals surface area (Å²) in [5.74, 6) is 2.21. The molecule has 0 spiro atoms. The molecule has 2 heterocycles. The molecule has 1 aliphatic heterocycles. The number of carbonyl (C=O) groups is 1. The van der Waals surface area contributed by atoms with E-state index in [0.717, 1.165) is 44.5 Å². The summed E-state index contributed by atoms with van der Waals surface area (Å²) in [5, 5.41) is 3.34. The predicted molar refractivity (Wildman–Crippen MR) is 96.9 cm³/mol. The average molecular weight is 348 g/mol. The maximum Gasteiger partial charge on any atom is 0.225 e. The van der Waals surface area contributed by atoms with E-state index in [9.17, 15) is 4.79 Å². The molecule has 1 amide bonds. The Labute approximate surface area is 148 Å². The molecule has 0 aromatic carbocycles. The number of thiazole rings is 1. The Hall–Kier alpha value is -0.940. The van der Waals surface area contributed by atoms with Gasteiger partial charge in [0.1, 0.15) is 0 Å². The molecule has 2 bridgehead atoms. The SMILES string of the molecule is Cc1csc(C2CCCN(C(=O)C3CC4CCCC(C3)C4N)C2)n1. The lowest BCUT2D eigenvalue weighted by Gasteiger charge is -2.45. The van der Waals surface area contributed by atoms with Gasteiger partial charge in [0.25, 0.3) is 0 Å². The van der Waals surface area contributed by atoms with Gasteiger partial charge in [0.05, 0.1) is 5.01 Å². The Morgan fingerprint density at radius 3 is 2.67 bits per heavy atom. The van der Waals surface area contributed by atoms with Gasteiger partial charge in [0, 0.05) is 42.0 Å². The maximum atomic E-state index is 13.1. The molecule has 1 saturated heterocycles. The first-order valence-electron chi connectivity index (χ1n) is 9.58. The Morgan fingerprint density at radius 2 is 2.00 bits per heavy atom. The maximum absolute atomic E-state index is 13.1. The second kappa shape index (κ2) is 6.75. The lowest BCUT2D eigenvalue weighted by Crippen LogP contribution is -2.50. The number of hydrogen-bond acceptors (Lipinski definition) is 4. The highest BCUT2D eigenvalue weighted by atomic mass is 32.1. The van der Waals surface area contributed by atoms with Crippen LogP contribution in [0.3, 0.4) is 0 Å². The van der Waals surface area contributed by atoms with Gasteiger partial charge >= 0.3 is 0 Å². The second-order valence-electron chi connectivity index (χ2n) is 8.15. The topological polar surface area (TPSA) is 59.2 Å². The first-order chi connectivity index (χ1) is 11.6. The zero-order valence-corrected chi connectivity index (χ0v) is 15.4. The standard InChI is InChI=1S/C19H29N3OS/c1-12-11-24-18(21-12)15-6-3-7-22(10-15)19(23)16-8-13-4-2-5-14(9-16)17(13)20/h11,13-17H,2-10,20H2,1H3. The number of aryl methyl sites for hydroxylation is 1. The predicted octanol–water partition coefficient (Wildman–Crippen LogP) is 3.31. The molecule has 3 atom stereocenters. The third-order valence-electron chi connectivity index (χ3n) is 6.48. The van der Waals surface area contributed by atoms with Gasteiger partial charge in [-0.05, 0) is 57.3 Å². The molecular weight excluding hydrogens is 318 g/mol. The van der Waals surface area contributed by atoms with Gasteiger partial charge in [-0.2, -0.15) is 0 Å². The summed E-state index contributed by atoms with van der Waals surface area (Å²) in [6, 6.07) is 0.343. The van der Waals surface area contributed by atoms with E-state index in [1.165, 1.54) is 24.3 Å². The van der Waals surface area contributed by atoms with Crippen LogP contribution in [0.5, 0.6) is 0 Å². The van der Waals surface area contributed by atoms with Gasteiger partial charge in [-0.1, -0.05) is 6.42 Å². The van der Waals surface area contributed by atoms with Crippen LogP contribution in [0.4, 0.5) is 0 Å². The number of fused-ring (bicyclic) bond motifs is 2. The van der Waals surface area contributed by atoms with Crippen molar-refractivity contribution < 1.29 is 4.79 Å². The molecule has 1 aromatic heterocycles. The van der Waals surface area contributed by atoms with Gasteiger partial charge < -0.3 is 10.6 Å². The van der Waals surface area contributed by atoms with Crippen LogP contribution in [0.15, 0.2) is 5.38 Å². The van der Waals surface area contributed by atoms with Crippen molar-refractivity contribution in [2.75, 3.05) is 13.1 Å². The van der Waals surface area contributed by atoms with E-state index < -0.39 is 0 Å². The fourth-order valence-corrected chi connectivity index (χ4v) is 6.11. The molecule has 1 aromatic rings. The van der Waals surface area contributed by atoms with Crippen molar-refractivity contribution in [1.82, 2.24) is 9.88 Å². The fourth-order valence-electron chi connectivity index (χ4n) is 5.19. The van der Waals surface area contributed by atoms with Gasteiger partial charge in [0.15, 0.2) is 0 Å². The van der Waals surface area contributed by atoms with Crippen LogP contribution < -0.4 is 5.73 Å². The molecule has 3 aliphatic rings. The van der Waals surface area contributed by atoms with E-state index in [2.05, 4.69) is 22.2 Å². The van der Waals surface area contributed by atoms with Crippen molar-refractivity contribution >= 4 is 17.2 Å². The smallest absolute Gasteiger partial charge is 0.225 e. The Bertz CT molecular complexity index is 587. The van der Waals surface area contributed by atoms with E-state index in [0.29, 0.717) is 29.7 Å². The van der Waals surface area contributed by atoms with E-state index in [1.807, 2.05) is 0 Å². The monoisotopic (exact) mass is 347 g/mol. The number of amides is 1. The number of carbonyl (C=O) groups excluding carboxylic acids is 1. The summed E-state index contributed by atoms with van der Waals surface area (Å²) in [5.41, 5.74) is 7.50. The minimum atomic E-state index is 0.219. The number of aromatic nitrogens is 1. The van der Waals surface area contributed by atoms with Crippen LogP contribution in [0, 0.1) is 24.7 Å². The third kappa shape index (κ3) is 3.13. The molecule has 2 N–H and O–H groups in total. The van der Waals surface area contributed by atoms with E-state index in [4.69, 9.17) is 5.73 Å². The largest absolute Gasteiger partial charge is 0.342 e. The van der Waals surface area contributed by atoms with Crippen LogP contribution in [-0.2, 0) is 4.79 Å². The molecule has 4 nitrogen and oxygen atoms in total. The average Bonchev–Trinajstić information content (AvgIpc) is 3.01. The highest BCUT2D eigenvalue weighted by molar-refractivity contribution is 7.09. The van der Waals surface area contributed by atoms with Gasteiger partial charge in [-0.3, -0.25) is 4.79 Å². The lowest BCUT2D eigenvalue weighted by molar-refractivity contribution is -0.139. The molecule has 2 aliphatic carbocycles. The Kier molecular flexibility index (Phi) is 4.65. The van der Waals surface area contributed by atoms with Gasteiger partial charge in [-0.25, -0.2) is 4.98 Å². The molecule has 5 heteroatoms. The summed E-state index contributed by atoms with van der Waals surface area (Å²) >= 11 is 1.75. The van der Waals surface area contributed by atoms with Crippen molar-refractivity contribution in [1.29, 1.82) is 0 Å². The summed E-state index contributed by atoms with van der Waals surface area (Å²) in [7, 11) is 0. The van der Waals surface area contributed by atoms with Crippen molar-refractivity contribution in [2.45, 2.75) is 63.8 Å². The number of nitrogens with two attached hydrogens (primary N) is 1. The fraction of sp³-hybridized carbons (Fsp3) is 0.789. The van der Waals surface area contributed by atoms with E-state index >= 15 is 0 Å². The normalized spacial score (nSPS) is 36.6. The van der Waals surface area contributed by atoms with Crippen LogP contribution in [0.1, 0.15) is 61.6 Å². The number of nitrogens with zero attached hydrogens (tertiary/aromatic N) is 2. The zero-order valence-electron chi connectivity index (χ0n) is 14.6. The first kappa shape index (κ1) is 16.5. The summed E-state index contributed by atoms with van der Waals surface area (Å²) in [6.45, 7) is 3.84. The van der Waals surface area contributed by atoms with Crippen molar-refractivity contribution in [3.8, 4) is 0 Å². The van der Waals surface area contributed by atoms with E-state index in [1.54, 1.807) is 11.3 Å². The quantitative estimate of drug-likeness (QED) is 0.893. The second-order valence-corrected chi connectivity index (χ2v) is 9.04. The number of hydrogen-bond donors (Lipinski definition) is 1. The summed E-state index contributed by atoms with van der Waals surface area (Å²) in [4.78, 5) is 19.9. The minimum absolute atomic E-state index is 0.219. The van der Waals surface area contributed by atoms with E-state index in [-0.39, 0.29) is 5.92 Å². The molecule has 3 fully saturated rings. The molecule has 0 radical (unpaired) electrons. The van der Waals surface area contributed by atoms with Crippen LogP contribution in [0.25, 0.3) is 0 Å². The van der Waals surface area contributed by atoms with Crippen molar-refractivity contribution in [2.24, 2.45) is 23.5 Å². The Morgan fingerprint density at radius 1 is 1.25 bits per heavy atom. The third-order valence-corrected chi connectivity index (χ3v) is 7.61. The molecule has 3 unspecified atom stereocenters. The molecule has 4 rings (SSSR count).